The minimum Gasteiger partial charge on any atom is -0.261 e. The Kier molecular flexibility index (Phi) is 3.11. The van der Waals surface area contributed by atoms with Gasteiger partial charge in [0.15, 0.2) is 0 Å². The number of pyridine rings is 1. The van der Waals surface area contributed by atoms with Gasteiger partial charge in [0.05, 0.1) is 0 Å². The second kappa shape index (κ2) is 4.78. The van der Waals surface area contributed by atoms with E-state index in [0.29, 0.717) is 0 Å². The van der Waals surface area contributed by atoms with Gasteiger partial charge in [-0.1, -0.05) is 38.1 Å². The van der Waals surface area contributed by atoms with E-state index in [4.69, 9.17) is 0 Å². The summed E-state index contributed by atoms with van der Waals surface area (Å²) >= 11 is 1.89. The first-order chi connectivity index (χ1) is 9.15. The van der Waals surface area contributed by atoms with Crippen molar-refractivity contribution in [1.29, 1.82) is 0 Å². The first-order valence-corrected chi connectivity index (χ1v) is 7.36. The lowest BCUT2D eigenvalue weighted by molar-refractivity contribution is 0.510. The van der Waals surface area contributed by atoms with Gasteiger partial charge in [-0.15, -0.1) is 11.3 Å². The predicted molar refractivity (Wildman–Crippen MR) is 82.8 cm³/mol. The molecule has 3 aromatic rings. The molecule has 96 valence electrons. The average Bonchev–Trinajstić information content (AvgIpc) is 2.81. The summed E-state index contributed by atoms with van der Waals surface area (Å²) < 4.78 is 1.37. The smallest absolute Gasteiger partial charge is 0.0463 e. The number of fused-ring (bicyclic) bond motifs is 1. The van der Waals surface area contributed by atoms with Crippen LogP contribution in [-0.4, -0.2) is 4.98 Å². The molecule has 3 rings (SSSR count). The quantitative estimate of drug-likeness (QED) is 0.663. The van der Waals surface area contributed by atoms with Crippen LogP contribution in [-0.2, 0) is 11.8 Å². The SMILES string of the molecule is CC(C)(Cc1cc2ccccc2s1)c1ccccn1. The summed E-state index contributed by atoms with van der Waals surface area (Å²) in [6.07, 6.45) is 2.91. The molecule has 2 heteroatoms. The van der Waals surface area contributed by atoms with Crippen molar-refractivity contribution in [1.82, 2.24) is 4.98 Å². The van der Waals surface area contributed by atoms with Gasteiger partial charge in [-0.25, -0.2) is 0 Å². The van der Waals surface area contributed by atoms with Crippen LogP contribution in [0.5, 0.6) is 0 Å². The van der Waals surface area contributed by atoms with Gasteiger partial charge < -0.3 is 0 Å². The highest BCUT2D eigenvalue weighted by Gasteiger charge is 2.23. The fourth-order valence-electron chi connectivity index (χ4n) is 2.41. The Hall–Kier alpha value is -1.67. The van der Waals surface area contributed by atoms with Crippen molar-refractivity contribution in [3.8, 4) is 0 Å². The van der Waals surface area contributed by atoms with Crippen molar-refractivity contribution in [3.63, 3.8) is 0 Å². The van der Waals surface area contributed by atoms with Crippen LogP contribution in [0.1, 0.15) is 24.4 Å². The van der Waals surface area contributed by atoms with Crippen molar-refractivity contribution >= 4 is 21.4 Å². The summed E-state index contributed by atoms with van der Waals surface area (Å²) in [5.41, 5.74) is 1.23. The fraction of sp³-hybridized carbons (Fsp3) is 0.235. The molecule has 2 heterocycles. The van der Waals surface area contributed by atoms with Gasteiger partial charge in [0.1, 0.15) is 0 Å². The van der Waals surface area contributed by atoms with E-state index in [9.17, 15) is 0 Å². The second-order valence-corrected chi connectivity index (χ2v) is 6.69. The topological polar surface area (TPSA) is 12.9 Å². The van der Waals surface area contributed by atoms with Crippen LogP contribution in [0.3, 0.4) is 0 Å². The maximum absolute atomic E-state index is 4.51. The maximum atomic E-state index is 4.51. The number of nitrogens with zero attached hydrogens (tertiary/aromatic N) is 1. The first kappa shape index (κ1) is 12.4. The molecule has 0 N–H and O–H groups in total. The minimum absolute atomic E-state index is 0.0716. The van der Waals surface area contributed by atoms with E-state index in [-0.39, 0.29) is 5.41 Å². The number of thiophene rings is 1. The van der Waals surface area contributed by atoms with Crippen LogP contribution >= 0.6 is 11.3 Å². The molecule has 0 saturated carbocycles. The third-order valence-corrected chi connectivity index (χ3v) is 4.57. The molecule has 0 aliphatic rings. The zero-order valence-corrected chi connectivity index (χ0v) is 12.1. The molecule has 0 spiro atoms. The monoisotopic (exact) mass is 267 g/mol. The number of rotatable bonds is 3. The van der Waals surface area contributed by atoms with Crippen LogP contribution in [0.4, 0.5) is 0 Å². The molecule has 1 nitrogen and oxygen atoms in total. The van der Waals surface area contributed by atoms with E-state index in [0.717, 1.165) is 12.1 Å². The van der Waals surface area contributed by atoms with Gasteiger partial charge in [0.25, 0.3) is 0 Å². The molecule has 0 aliphatic carbocycles. The fourth-order valence-corrected chi connectivity index (χ4v) is 3.71. The van der Waals surface area contributed by atoms with Crippen molar-refractivity contribution < 1.29 is 0 Å². The highest BCUT2D eigenvalue weighted by atomic mass is 32.1. The van der Waals surface area contributed by atoms with Gasteiger partial charge in [-0.2, -0.15) is 0 Å². The lowest BCUT2D eigenvalue weighted by atomic mass is 9.84. The second-order valence-electron chi connectivity index (χ2n) is 5.53. The zero-order chi connectivity index (χ0) is 13.3. The first-order valence-electron chi connectivity index (χ1n) is 6.54. The average molecular weight is 267 g/mol. The van der Waals surface area contributed by atoms with Crippen LogP contribution in [0.25, 0.3) is 10.1 Å². The lowest BCUT2D eigenvalue weighted by Gasteiger charge is -2.23. The molecule has 0 bridgehead atoms. The van der Waals surface area contributed by atoms with Crippen LogP contribution < -0.4 is 0 Å². The van der Waals surface area contributed by atoms with Gasteiger partial charge in [0, 0.05) is 26.9 Å². The highest BCUT2D eigenvalue weighted by Crippen LogP contribution is 2.32. The molecule has 0 amide bonds. The molecule has 0 atom stereocenters. The van der Waals surface area contributed by atoms with Gasteiger partial charge in [0.2, 0.25) is 0 Å². The summed E-state index contributed by atoms with van der Waals surface area (Å²) in [4.78, 5) is 5.93. The predicted octanol–water partition coefficient (Wildman–Crippen LogP) is 4.82. The van der Waals surface area contributed by atoms with Gasteiger partial charge in [-0.3, -0.25) is 4.98 Å². The Morgan fingerprint density at radius 3 is 2.58 bits per heavy atom. The molecule has 1 aromatic carbocycles. The maximum Gasteiger partial charge on any atom is 0.0463 e. The molecule has 0 radical (unpaired) electrons. The number of benzene rings is 1. The Balaban J connectivity index is 1.92. The van der Waals surface area contributed by atoms with E-state index in [1.54, 1.807) is 0 Å². The summed E-state index contributed by atoms with van der Waals surface area (Å²) in [6.45, 7) is 4.53. The minimum atomic E-state index is 0.0716. The number of aromatic nitrogens is 1. The summed E-state index contributed by atoms with van der Waals surface area (Å²) in [5, 5.41) is 1.35. The van der Waals surface area contributed by atoms with Gasteiger partial charge in [-0.05, 0) is 36.1 Å². The van der Waals surface area contributed by atoms with Crippen molar-refractivity contribution in [2.24, 2.45) is 0 Å². The molecule has 0 saturated heterocycles. The lowest BCUT2D eigenvalue weighted by Crippen LogP contribution is -2.21. The van der Waals surface area contributed by atoms with Crippen molar-refractivity contribution in [2.75, 3.05) is 0 Å². The summed E-state index contributed by atoms with van der Waals surface area (Å²) in [5.74, 6) is 0. The molecule has 19 heavy (non-hydrogen) atoms. The zero-order valence-electron chi connectivity index (χ0n) is 11.3. The van der Waals surface area contributed by atoms with E-state index >= 15 is 0 Å². The third kappa shape index (κ3) is 2.54. The van der Waals surface area contributed by atoms with Crippen LogP contribution in [0.2, 0.25) is 0 Å². The summed E-state index contributed by atoms with van der Waals surface area (Å²) in [7, 11) is 0. The van der Waals surface area contributed by atoms with E-state index in [2.05, 4.69) is 61.3 Å². The van der Waals surface area contributed by atoms with Crippen molar-refractivity contribution in [3.05, 3.63) is 65.3 Å². The Morgan fingerprint density at radius 2 is 1.84 bits per heavy atom. The molecule has 0 fully saturated rings. The highest BCUT2D eigenvalue weighted by molar-refractivity contribution is 7.19. The molecule has 0 aliphatic heterocycles. The Morgan fingerprint density at radius 1 is 1.05 bits per heavy atom. The van der Waals surface area contributed by atoms with Crippen LogP contribution in [0.15, 0.2) is 54.7 Å². The summed E-state index contributed by atoms with van der Waals surface area (Å²) in [6, 6.07) is 17.0. The number of hydrogen-bond acceptors (Lipinski definition) is 2. The third-order valence-electron chi connectivity index (χ3n) is 3.45. The van der Waals surface area contributed by atoms with Crippen LogP contribution in [0, 0.1) is 0 Å². The van der Waals surface area contributed by atoms with E-state index < -0.39 is 0 Å². The Bertz CT molecular complexity index is 650. The van der Waals surface area contributed by atoms with E-state index in [1.807, 2.05) is 23.6 Å². The standard InChI is InChI=1S/C17H17NS/c1-17(2,16-9-5-6-10-18-16)12-14-11-13-7-3-4-8-15(13)19-14/h3-11H,12H2,1-2H3. The molecule has 2 aromatic heterocycles. The molecular weight excluding hydrogens is 250 g/mol. The largest absolute Gasteiger partial charge is 0.261 e. The van der Waals surface area contributed by atoms with Gasteiger partial charge >= 0.3 is 0 Å². The molecule has 0 unspecified atom stereocenters. The molecular formula is C17H17NS. The van der Waals surface area contributed by atoms with E-state index in [1.165, 1.54) is 15.0 Å². The number of hydrogen-bond donors (Lipinski definition) is 0. The normalized spacial score (nSPS) is 11.9. The van der Waals surface area contributed by atoms with Crippen molar-refractivity contribution in [2.45, 2.75) is 25.7 Å². The Labute approximate surface area is 117 Å².